The zero-order chi connectivity index (χ0) is 45.7. The van der Waals surface area contributed by atoms with Gasteiger partial charge in [0.2, 0.25) is 0 Å². The molecule has 4 heteroatoms. The first-order valence-corrected chi connectivity index (χ1v) is 18.2. The second-order valence-electron chi connectivity index (χ2n) is 14.6. The largest absolute Gasteiger partial charge is 0.500 e. The van der Waals surface area contributed by atoms with E-state index in [4.69, 9.17) is 16.8 Å². The number of aromatic nitrogens is 2. The summed E-state index contributed by atoms with van der Waals surface area (Å²) in [5, 5.41) is 1.79. The Bertz CT molecular complexity index is 2930. The van der Waals surface area contributed by atoms with Gasteiger partial charge in [0, 0.05) is 57.2 Å². The van der Waals surface area contributed by atoms with Gasteiger partial charge in [-0.2, -0.15) is 0 Å². The number of furan rings is 1. The van der Waals surface area contributed by atoms with Crippen LogP contribution in [-0.2, 0) is 20.1 Å². The monoisotopic (exact) mass is 905 g/mol. The molecule has 1 radical (unpaired) electrons. The number of nitrogens with zero attached hydrogens (tertiary/aromatic N) is 2. The fourth-order valence-corrected chi connectivity index (χ4v) is 7.24. The maximum Gasteiger partial charge on any atom is 0.128 e. The van der Waals surface area contributed by atoms with Gasteiger partial charge in [0.15, 0.2) is 0 Å². The molecule has 0 aliphatic heterocycles. The second kappa shape index (κ2) is 16.3. The fraction of sp³-hybridized carbons (Fsp3) is 0.216. The molecule has 8 aromatic rings. The molecule has 1 aliphatic carbocycles. The predicted molar refractivity (Wildman–Crippen MR) is 224 cm³/mol. The maximum absolute atomic E-state index is 9.30. The van der Waals surface area contributed by atoms with E-state index < -0.39 is 26.4 Å². The molecule has 0 unspecified atom stereocenters. The van der Waals surface area contributed by atoms with E-state index in [1.165, 1.54) is 12.4 Å². The molecule has 0 bridgehead atoms. The van der Waals surface area contributed by atoms with Crippen LogP contribution in [0.25, 0.3) is 66.7 Å². The van der Waals surface area contributed by atoms with Crippen molar-refractivity contribution in [1.29, 1.82) is 0 Å². The van der Waals surface area contributed by atoms with Crippen LogP contribution in [0.5, 0.6) is 0 Å². The minimum Gasteiger partial charge on any atom is -0.500 e. The van der Waals surface area contributed by atoms with Crippen molar-refractivity contribution in [3.63, 3.8) is 0 Å². The van der Waals surface area contributed by atoms with E-state index in [9.17, 15) is 1.37 Å². The molecule has 3 nitrogen and oxygen atoms in total. The fourth-order valence-electron chi connectivity index (χ4n) is 7.24. The van der Waals surface area contributed by atoms with Gasteiger partial charge in [0.1, 0.15) is 5.58 Å². The van der Waals surface area contributed by atoms with E-state index in [0.29, 0.717) is 35.2 Å². The zero-order valence-corrected chi connectivity index (χ0v) is 33.1. The Morgan fingerprint density at radius 3 is 2.22 bits per heavy atom. The van der Waals surface area contributed by atoms with Gasteiger partial charge in [-0.3, -0.25) is 0 Å². The molecule has 277 valence electrons. The Morgan fingerprint density at radius 2 is 1.47 bits per heavy atom. The van der Waals surface area contributed by atoms with Crippen LogP contribution in [0.4, 0.5) is 0 Å². The first-order chi connectivity index (χ1) is 30.2. The number of hydrogen-bond donors (Lipinski definition) is 0. The summed E-state index contributed by atoms with van der Waals surface area (Å²) in [5.41, 5.74) is 7.34. The van der Waals surface area contributed by atoms with Crippen molar-refractivity contribution in [2.45, 2.75) is 66.0 Å². The molecule has 1 fully saturated rings. The third-order valence-electron chi connectivity index (χ3n) is 10.4. The Kier molecular flexibility index (Phi) is 8.13. The van der Waals surface area contributed by atoms with Gasteiger partial charge in [0.25, 0.3) is 0 Å². The van der Waals surface area contributed by atoms with Crippen LogP contribution in [0.15, 0.2) is 138 Å². The van der Waals surface area contributed by atoms with Gasteiger partial charge < -0.3 is 14.4 Å². The number of para-hydroxylation sites is 1. The van der Waals surface area contributed by atoms with Crippen LogP contribution in [0.3, 0.4) is 0 Å². The van der Waals surface area contributed by atoms with Crippen molar-refractivity contribution in [2.75, 3.05) is 0 Å². The minimum absolute atomic E-state index is 0. The summed E-state index contributed by atoms with van der Waals surface area (Å²) >= 11 is 0. The van der Waals surface area contributed by atoms with Gasteiger partial charge in [-0.25, -0.2) is 0 Å². The standard InChI is InChI=1S/C39H36NO.C12H10N.Ir/c1-25-22-29(27-18-20-39(3,4)21-19-27)16-17-30(25)35-23-36(40-24-26(35)2)34-15-9-14-33-32-13-8-12-31(37(32)41-38(33)34)28-10-6-5-7-11-28;1-10-7-8-12(13-9-10)11-5-3-2-4-6-11;/h5-14,16-17,22-24,27H,18-21H2,1-4H3;2-5,7-9H,1H3;/q2*-1;/i1D3,2D3,27D;1D3;. The van der Waals surface area contributed by atoms with E-state index in [0.717, 1.165) is 51.6 Å². The summed E-state index contributed by atoms with van der Waals surface area (Å²) in [7, 11) is 0. The average Bonchev–Trinajstić information content (AvgIpc) is 3.66. The van der Waals surface area contributed by atoms with Gasteiger partial charge in [-0.15, -0.1) is 54.1 Å². The number of benzene rings is 5. The van der Waals surface area contributed by atoms with Crippen LogP contribution in [0, 0.1) is 38.1 Å². The molecular weight excluding hydrogens is 849 g/mol. The van der Waals surface area contributed by atoms with E-state index in [2.05, 4.69) is 35.9 Å². The summed E-state index contributed by atoms with van der Waals surface area (Å²) < 4.78 is 88.1. The molecule has 0 saturated heterocycles. The summed E-state index contributed by atoms with van der Waals surface area (Å²) in [4.78, 5) is 8.71. The van der Waals surface area contributed by atoms with Gasteiger partial charge in [-0.05, 0) is 108 Å². The molecule has 3 heterocycles. The van der Waals surface area contributed by atoms with Crippen molar-refractivity contribution in [3.05, 3.63) is 168 Å². The van der Waals surface area contributed by atoms with Crippen molar-refractivity contribution in [1.82, 2.24) is 9.97 Å². The van der Waals surface area contributed by atoms with Crippen molar-refractivity contribution >= 4 is 21.9 Å². The van der Waals surface area contributed by atoms with Crippen LogP contribution >= 0.6 is 0 Å². The number of aryl methyl sites for hydroxylation is 3. The maximum atomic E-state index is 9.30. The molecular formula is C51H46IrN2O-2. The summed E-state index contributed by atoms with van der Waals surface area (Å²) in [5.74, 6) is -0.908. The zero-order valence-electron chi connectivity index (χ0n) is 40.7. The van der Waals surface area contributed by atoms with Gasteiger partial charge >= 0.3 is 0 Å². The quantitative estimate of drug-likeness (QED) is 0.162. The Hall–Kier alpha value is -5.15. The molecule has 9 rings (SSSR count). The molecule has 3 aromatic heterocycles. The van der Waals surface area contributed by atoms with Crippen LogP contribution < -0.4 is 0 Å². The predicted octanol–water partition coefficient (Wildman–Crippen LogP) is 13.9. The molecule has 55 heavy (non-hydrogen) atoms. The molecule has 1 saturated carbocycles. The van der Waals surface area contributed by atoms with E-state index in [1.807, 2.05) is 72.8 Å². The van der Waals surface area contributed by atoms with Crippen molar-refractivity contribution in [3.8, 4) is 44.8 Å². The summed E-state index contributed by atoms with van der Waals surface area (Å²) in [6, 6.07) is 43.5. The first-order valence-electron chi connectivity index (χ1n) is 23.2. The van der Waals surface area contributed by atoms with Gasteiger partial charge in [0.05, 0.1) is 5.58 Å². The Morgan fingerprint density at radius 1 is 0.673 bits per heavy atom. The third kappa shape index (κ3) is 8.13. The second-order valence-corrected chi connectivity index (χ2v) is 14.6. The summed E-state index contributed by atoms with van der Waals surface area (Å²) in [6.45, 7) is -2.80. The minimum atomic E-state index is -2.56. The Labute approximate surface area is 353 Å². The van der Waals surface area contributed by atoms with Gasteiger partial charge in [-0.1, -0.05) is 110 Å². The first kappa shape index (κ1) is 27.4. The van der Waals surface area contributed by atoms with Crippen LogP contribution in [-0.4, -0.2) is 9.97 Å². The average molecular weight is 905 g/mol. The van der Waals surface area contributed by atoms with Crippen LogP contribution in [0.1, 0.15) is 81.4 Å². The van der Waals surface area contributed by atoms with E-state index in [1.54, 1.807) is 48.5 Å². The number of hydrogen-bond acceptors (Lipinski definition) is 3. The molecule has 0 atom stereocenters. The van der Waals surface area contributed by atoms with E-state index >= 15 is 0 Å². The Balaban J connectivity index is 0.000000313. The third-order valence-corrected chi connectivity index (χ3v) is 10.4. The number of fused-ring (bicyclic) bond motifs is 3. The molecule has 1 aliphatic rings. The number of rotatable bonds is 5. The number of pyridine rings is 2. The van der Waals surface area contributed by atoms with Crippen molar-refractivity contribution < 1.29 is 38.2 Å². The topological polar surface area (TPSA) is 38.9 Å². The molecule has 0 N–H and O–H groups in total. The molecule has 5 aromatic carbocycles. The SMILES string of the molecule is [2H]C([2H])([2H])c1ccc(-c2[c-]cccc2)nc1.[2H]C([2H])([2H])c1cnc(-c2[c-]ccc3c2oc2c(-c4ccccc4)cccc23)cc1-c1ccc(C2([2H])CCC(C)(C)CC2)cc1C([2H])([2H])[2H].[Ir]. The van der Waals surface area contributed by atoms with E-state index in [-0.39, 0.29) is 53.3 Å². The molecule has 0 amide bonds. The van der Waals surface area contributed by atoms with Crippen molar-refractivity contribution in [2.24, 2.45) is 5.41 Å². The van der Waals surface area contributed by atoms with Crippen LogP contribution in [0.2, 0.25) is 0 Å². The molecule has 0 spiro atoms. The smallest absolute Gasteiger partial charge is 0.128 e. The normalized spacial score (nSPS) is 17.9. The summed E-state index contributed by atoms with van der Waals surface area (Å²) in [6.07, 6.45) is 5.70.